The van der Waals surface area contributed by atoms with Crippen molar-refractivity contribution in [2.24, 2.45) is 7.05 Å². The van der Waals surface area contributed by atoms with Gasteiger partial charge < -0.3 is 14.6 Å². The number of aromatic nitrogens is 5. The molecule has 2 aromatic heterocycles. The zero-order chi connectivity index (χ0) is 20.5. The molecule has 9 nitrogen and oxygen atoms in total. The summed E-state index contributed by atoms with van der Waals surface area (Å²) in [5, 5.41) is 25.5. The molecule has 152 valence electrons. The van der Waals surface area contributed by atoms with Gasteiger partial charge in [0, 0.05) is 31.4 Å². The van der Waals surface area contributed by atoms with Gasteiger partial charge in [0.05, 0.1) is 17.0 Å². The molecule has 0 radical (unpaired) electrons. The van der Waals surface area contributed by atoms with Gasteiger partial charge in [-0.3, -0.25) is 9.59 Å². The topological polar surface area (TPSA) is 117 Å². The number of piperidine rings is 1. The molecule has 1 atom stereocenters. The average molecular weight is 396 g/mol. The number of hydrogen-bond acceptors (Lipinski definition) is 6. The standard InChI is InChI=1S/C20H24N6O3/c1-12(17-14-5-3-4-6-15(14)19(28)24-22-17)20(29)26-9-7-13(8-10-26)18-23-21-16(11-27)25(18)2/h3-6,12-13,27H,7-11H2,1-2H3,(H,24,28). The number of nitrogens with zero attached hydrogens (tertiary/aromatic N) is 5. The van der Waals surface area contributed by atoms with Crippen LogP contribution in [0.5, 0.6) is 0 Å². The van der Waals surface area contributed by atoms with Crippen LogP contribution < -0.4 is 5.56 Å². The van der Waals surface area contributed by atoms with Crippen molar-refractivity contribution in [1.29, 1.82) is 0 Å². The van der Waals surface area contributed by atoms with Gasteiger partial charge in [0.1, 0.15) is 12.4 Å². The Bertz CT molecular complexity index is 1100. The minimum Gasteiger partial charge on any atom is -0.388 e. The first-order valence-electron chi connectivity index (χ1n) is 9.76. The summed E-state index contributed by atoms with van der Waals surface area (Å²) in [4.78, 5) is 27.0. The molecule has 4 rings (SSSR count). The quantitative estimate of drug-likeness (QED) is 0.681. The molecule has 3 heterocycles. The Balaban J connectivity index is 1.49. The van der Waals surface area contributed by atoms with E-state index in [0.29, 0.717) is 35.4 Å². The van der Waals surface area contributed by atoms with Crippen LogP contribution in [0.1, 0.15) is 48.9 Å². The third kappa shape index (κ3) is 3.42. The molecule has 3 aromatic rings. The van der Waals surface area contributed by atoms with E-state index in [1.165, 1.54) is 0 Å². The van der Waals surface area contributed by atoms with E-state index in [1.807, 2.05) is 35.6 Å². The number of likely N-dealkylation sites (tertiary alicyclic amines) is 1. The Hall–Kier alpha value is -3.07. The second kappa shape index (κ2) is 7.75. The molecular weight excluding hydrogens is 372 g/mol. The lowest BCUT2D eigenvalue weighted by molar-refractivity contribution is -0.133. The molecule has 1 aliphatic heterocycles. The van der Waals surface area contributed by atoms with Crippen LogP contribution >= 0.6 is 0 Å². The molecule has 0 spiro atoms. The smallest absolute Gasteiger partial charge is 0.272 e. The van der Waals surface area contributed by atoms with Gasteiger partial charge in [-0.2, -0.15) is 5.10 Å². The van der Waals surface area contributed by atoms with E-state index < -0.39 is 5.92 Å². The van der Waals surface area contributed by atoms with Crippen molar-refractivity contribution in [2.75, 3.05) is 13.1 Å². The van der Waals surface area contributed by atoms with Crippen LogP contribution in [0.25, 0.3) is 10.8 Å². The fourth-order valence-electron chi connectivity index (χ4n) is 4.08. The van der Waals surface area contributed by atoms with E-state index in [4.69, 9.17) is 0 Å². The van der Waals surface area contributed by atoms with Crippen molar-refractivity contribution in [3.63, 3.8) is 0 Å². The summed E-state index contributed by atoms with van der Waals surface area (Å²) in [6.07, 6.45) is 1.57. The third-order valence-corrected chi connectivity index (χ3v) is 5.82. The minimum absolute atomic E-state index is 0.00200. The van der Waals surface area contributed by atoms with E-state index in [1.54, 1.807) is 12.1 Å². The molecule has 1 aromatic carbocycles. The van der Waals surface area contributed by atoms with Crippen molar-refractivity contribution in [3.8, 4) is 0 Å². The normalized spacial score (nSPS) is 16.3. The fraction of sp³-hybridized carbons (Fsp3) is 0.450. The van der Waals surface area contributed by atoms with Gasteiger partial charge in [0.2, 0.25) is 5.91 Å². The first kappa shape index (κ1) is 19.3. The SMILES string of the molecule is CC(C(=O)N1CCC(c2nnc(CO)n2C)CC1)c1n[nH]c(=O)c2ccccc12. The highest BCUT2D eigenvalue weighted by atomic mass is 16.3. The van der Waals surface area contributed by atoms with Gasteiger partial charge in [0.15, 0.2) is 5.82 Å². The molecule has 0 bridgehead atoms. The zero-order valence-electron chi connectivity index (χ0n) is 16.5. The maximum absolute atomic E-state index is 13.1. The number of aromatic amines is 1. The highest BCUT2D eigenvalue weighted by Crippen LogP contribution is 2.29. The van der Waals surface area contributed by atoms with E-state index in [-0.39, 0.29) is 24.0 Å². The third-order valence-electron chi connectivity index (χ3n) is 5.82. The molecule has 2 N–H and O–H groups in total. The van der Waals surface area contributed by atoms with E-state index in [0.717, 1.165) is 18.7 Å². The lowest BCUT2D eigenvalue weighted by atomic mass is 9.94. The maximum atomic E-state index is 13.1. The van der Waals surface area contributed by atoms with Crippen molar-refractivity contribution >= 4 is 16.7 Å². The predicted octanol–water partition coefficient (Wildman–Crippen LogP) is 1.05. The van der Waals surface area contributed by atoms with Crippen LogP contribution in [0, 0.1) is 0 Å². The Labute approximate surface area is 167 Å². The summed E-state index contributed by atoms with van der Waals surface area (Å²) in [7, 11) is 1.85. The largest absolute Gasteiger partial charge is 0.388 e. The maximum Gasteiger partial charge on any atom is 0.272 e. The van der Waals surface area contributed by atoms with Gasteiger partial charge in [-0.05, 0) is 25.8 Å². The summed E-state index contributed by atoms with van der Waals surface area (Å²) in [6.45, 7) is 2.93. The molecule has 1 amide bonds. The predicted molar refractivity (Wildman–Crippen MR) is 106 cm³/mol. The average Bonchev–Trinajstić information content (AvgIpc) is 3.14. The van der Waals surface area contributed by atoms with Crippen LogP contribution in [-0.4, -0.2) is 54.0 Å². The molecule has 0 aliphatic carbocycles. The van der Waals surface area contributed by atoms with Crippen LogP contribution in [0.15, 0.2) is 29.1 Å². The van der Waals surface area contributed by atoms with E-state index in [2.05, 4.69) is 20.4 Å². The molecule has 9 heteroatoms. The minimum atomic E-state index is -0.455. The van der Waals surface area contributed by atoms with Gasteiger partial charge >= 0.3 is 0 Å². The van der Waals surface area contributed by atoms with Crippen molar-refractivity contribution < 1.29 is 9.90 Å². The van der Waals surface area contributed by atoms with Gasteiger partial charge in [0.25, 0.3) is 5.56 Å². The fourth-order valence-corrected chi connectivity index (χ4v) is 4.08. The summed E-state index contributed by atoms with van der Waals surface area (Å²) in [6, 6.07) is 7.21. The van der Waals surface area contributed by atoms with Crippen molar-refractivity contribution in [1.82, 2.24) is 29.9 Å². The number of amides is 1. The zero-order valence-corrected chi connectivity index (χ0v) is 16.5. The molecular formula is C20H24N6O3. The van der Waals surface area contributed by atoms with Crippen LogP contribution in [0.4, 0.5) is 0 Å². The molecule has 1 saturated heterocycles. The molecule has 1 unspecified atom stereocenters. The Morgan fingerprint density at radius 1 is 1.24 bits per heavy atom. The highest BCUT2D eigenvalue weighted by Gasteiger charge is 2.31. The van der Waals surface area contributed by atoms with Crippen LogP contribution in [0.3, 0.4) is 0 Å². The van der Waals surface area contributed by atoms with Crippen molar-refractivity contribution in [3.05, 3.63) is 52.0 Å². The van der Waals surface area contributed by atoms with Gasteiger partial charge in [-0.1, -0.05) is 18.2 Å². The second-order valence-corrected chi connectivity index (χ2v) is 7.50. The Kier molecular flexibility index (Phi) is 5.14. The number of benzene rings is 1. The number of rotatable bonds is 4. The highest BCUT2D eigenvalue weighted by molar-refractivity contribution is 5.91. The molecule has 29 heavy (non-hydrogen) atoms. The van der Waals surface area contributed by atoms with E-state index in [9.17, 15) is 14.7 Å². The summed E-state index contributed by atoms with van der Waals surface area (Å²) in [5.41, 5.74) is 0.337. The van der Waals surface area contributed by atoms with Crippen LogP contribution in [-0.2, 0) is 18.4 Å². The number of H-pyrrole nitrogens is 1. The molecule has 1 fully saturated rings. The molecule has 1 aliphatic rings. The number of carbonyl (C=O) groups is 1. The van der Waals surface area contributed by atoms with Gasteiger partial charge in [-0.15, -0.1) is 10.2 Å². The van der Waals surface area contributed by atoms with Crippen molar-refractivity contribution in [2.45, 2.75) is 38.2 Å². The Morgan fingerprint density at radius 3 is 2.59 bits per heavy atom. The van der Waals surface area contributed by atoms with Gasteiger partial charge in [-0.25, -0.2) is 5.10 Å². The number of hydrogen-bond donors (Lipinski definition) is 2. The molecule has 0 saturated carbocycles. The first-order valence-corrected chi connectivity index (χ1v) is 9.76. The number of nitrogens with one attached hydrogen (secondary N) is 1. The number of aliphatic hydroxyl groups is 1. The van der Waals surface area contributed by atoms with Crippen LogP contribution in [0.2, 0.25) is 0 Å². The first-order chi connectivity index (χ1) is 14.0. The monoisotopic (exact) mass is 396 g/mol. The summed E-state index contributed by atoms with van der Waals surface area (Å²) >= 11 is 0. The number of fused-ring (bicyclic) bond motifs is 1. The Morgan fingerprint density at radius 2 is 1.93 bits per heavy atom. The summed E-state index contributed by atoms with van der Waals surface area (Å²) < 4.78 is 1.83. The number of carbonyl (C=O) groups excluding carboxylic acids is 1. The van der Waals surface area contributed by atoms with E-state index >= 15 is 0 Å². The summed E-state index contributed by atoms with van der Waals surface area (Å²) in [5.74, 6) is 1.15. The lowest BCUT2D eigenvalue weighted by Gasteiger charge is -2.33. The number of aliphatic hydroxyl groups excluding tert-OH is 1. The lowest BCUT2D eigenvalue weighted by Crippen LogP contribution is -2.40. The second-order valence-electron chi connectivity index (χ2n) is 7.50.